The highest BCUT2D eigenvalue weighted by Crippen LogP contribution is 2.35. The van der Waals surface area contributed by atoms with Crippen LogP contribution in [-0.4, -0.2) is 30.9 Å². The molecule has 7 heteroatoms. The third-order valence-corrected chi connectivity index (χ3v) is 5.11. The van der Waals surface area contributed by atoms with Crippen LogP contribution >= 0.6 is 0 Å². The summed E-state index contributed by atoms with van der Waals surface area (Å²) in [7, 11) is 0. The van der Waals surface area contributed by atoms with Gasteiger partial charge in [0.15, 0.2) is 11.5 Å². The number of fused-ring (bicyclic) bond motifs is 2. The van der Waals surface area contributed by atoms with Gasteiger partial charge in [0, 0.05) is 11.8 Å². The molecule has 2 heterocycles. The van der Waals surface area contributed by atoms with Crippen LogP contribution in [0.5, 0.6) is 11.5 Å². The SMILES string of the molecule is O=C(CN1C(=O)CC(c2ccccc2)=Nc2ccccc21)Nc1ccc2c(c1)OCO2. The van der Waals surface area contributed by atoms with Crippen LogP contribution in [0.3, 0.4) is 0 Å². The Morgan fingerprint density at radius 1 is 0.968 bits per heavy atom. The van der Waals surface area contributed by atoms with Crippen LogP contribution in [0.15, 0.2) is 77.8 Å². The number of nitrogens with one attached hydrogen (secondary N) is 1. The van der Waals surface area contributed by atoms with E-state index >= 15 is 0 Å². The third-order valence-electron chi connectivity index (χ3n) is 5.11. The molecule has 0 saturated heterocycles. The first-order valence-corrected chi connectivity index (χ1v) is 9.89. The zero-order valence-electron chi connectivity index (χ0n) is 16.6. The van der Waals surface area contributed by atoms with E-state index in [-0.39, 0.29) is 31.6 Å². The number of para-hydroxylation sites is 2. The van der Waals surface area contributed by atoms with Crippen LogP contribution in [0.1, 0.15) is 12.0 Å². The summed E-state index contributed by atoms with van der Waals surface area (Å²) >= 11 is 0. The average Bonchev–Trinajstić information content (AvgIpc) is 3.20. The molecule has 0 bridgehead atoms. The molecule has 0 saturated carbocycles. The summed E-state index contributed by atoms with van der Waals surface area (Å²) in [6.45, 7) is 0.0391. The number of hydrogen-bond acceptors (Lipinski definition) is 5. The van der Waals surface area contributed by atoms with Gasteiger partial charge in [-0.15, -0.1) is 0 Å². The second-order valence-electron chi connectivity index (χ2n) is 7.19. The molecule has 1 N–H and O–H groups in total. The van der Waals surface area contributed by atoms with Gasteiger partial charge in [-0.3, -0.25) is 14.6 Å². The first-order valence-electron chi connectivity index (χ1n) is 9.89. The van der Waals surface area contributed by atoms with Gasteiger partial charge in [-0.1, -0.05) is 42.5 Å². The standard InChI is InChI=1S/C24H19N3O4/c28-23(25-17-10-11-21-22(12-17)31-15-30-21)14-27-20-9-5-4-8-18(20)26-19(13-24(27)29)16-6-2-1-3-7-16/h1-12H,13-15H2,(H,25,28). The number of benzene rings is 3. The Morgan fingerprint density at radius 2 is 1.74 bits per heavy atom. The van der Waals surface area contributed by atoms with E-state index in [2.05, 4.69) is 5.32 Å². The van der Waals surface area contributed by atoms with E-state index in [0.29, 0.717) is 34.3 Å². The van der Waals surface area contributed by atoms with Crippen LogP contribution in [0, 0.1) is 0 Å². The highest BCUT2D eigenvalue weighted by molar-refractivity contribution is 6.18. The lowest BCUT2D eigenvalue weighted by Crippen LogP contribution is -2.38. The summed E-state index contributed by atoms with van der Waals surface area (Å²) in [6.07, 6.45) is 0.107. The van der Waals surface area contributed by atoms with Crippen molar-refractivity contribution in [2.45, 2.75) is 6.42 Å². The summed E-state index contributed by atoms with van der Waals surface area (Å²) in [5.41, 5.74) is 3.41. The summed E-state index contributed by atoms with van der Waals surface area (Å²) in [6, 6.07) is 22.1. The second kappa shape index (κ2) is 7.95. The normalized spacial score (nSPS) is 14.5. The molecule has 3 aromatic carbocycles. The number of aliphatic imine (C=N–C) groups is 1. The van der Waals surface area contributed by atoms with Crippen molar-refractivity contribution in [1.29, 1.82) is 0 Å². The van der Waals surface area contributed by atoms with Crippen molar-refractivity contribution in [2.24, 2.45) is 4.99 Å². The second-order valence-corrected chi connectivity index (χ2v) is 7.19. The first kappa shape index (κ1) is 18.9. The van der Waals surface area contributed by atoms with E-state index in [4.69, 9.17) is 14.5 Å². The molecule has 0 fully saturated rings. The molecule has 5 rings (SSSR count). The molecule has 2 amide bonds. The summed E-state index contributed by atoms with van der Waals surface area (Å²) < 4.78 is 10.6. The molecule has 0 radical (unpaired) electrons. The molecule has 2 aliphatic heterocycles. The summed E-state index contributed by atoms with van der Waals surface area (Å²) in [5, 5.41) is 2.83. The van der Waals surface area contributed by atoms with E-state index in [1.54, 1.807) is 24.3 Å². The lowest BCUT2D eigenvalue weighted by Gasteiger charge is -2.22. The quantitative estimate of drug-likeness (QED) is 0.703. The van der Waals surface area contributed by atoms with Gasteiger partial charge in [-0.05, 0) is 29.8 Å². The highest BCUT2D eigenvalue weighted by atomic mass is 16.7. The van der Waals surface area contributed by atoms with Crippen molar-refractivity contribution in [3.8, 4) is 11.5 Å². The minimum absolute atomic E-state index is 0.107. The molecule has 7 nitrogen and oxygen atoms in total. The number of carbonyl (C=O) groups is 2. The van der Waals surface area contributed by atoms with E-state index in [0.717, 1.165) is 5.56 Å². The number of carbonyl (C=O) groups excluding carboxylic acids is 2. The number of ether oxygens (including phenoxy) is 2. The van der Waals surface area contributed by atoms with Gasteiger partial charge in [0.1, 0.15) is 6.54 Å². The lowest BCUT2D eigenvalue weighted by atomic mass is 10.1. The lowest BCUT2D eigenvalue weighted by molar-refractivity contribution is -0.120. The maximum absolute atomic E-state index is 13.1. The largest absolute Gasteiger partial charge is 0.454 e. The topological polar surface area (TPSA) is 80.2 Å². The number of rotatable bonds is 4. The average molecular weight is 413 g/mol. The minimum atomic E-state index is -0.315. The molecule has 0 unspecified atom stereocenters. The number of anilines is 2. The molecule has 0 atom stereocenters. The summed E-state index contributed by atoms with van der Waals surface area (Å²) in [4.78, 5) is 32.1. The van der Waals surface area contributed by atoms with Gasteiger partial charge >= 0.3 is 0 Å². The smallest absolute Gasteiger partial charge is 0.244 e. The van der Waals surface area contributed by atoms with Crippen molar-refractivity contribution in [2.75, 3.05) is 23.6 Å². The van der Waals surface area contributed by atoms with Gasteiger partial charge in [0.05, 0.1) is 23.5 Å². The fourth-order valence-corrected chi connectivity index (χ4v) is 3.63. The Bertz CT molecular complexity index is 1190. The molecule has 3 aromatic rings. The molecule has 0 aliphatic carbocycles. The maximum Gasteiger partial charge on any atom is 0.244 e. The molecule has 154 valence electrons. The first-order chi connectivity index (χ1) is 15.2. The molecule has 2 aliphatic rings. The number of amides is 2. The van der Waals surface area contributed by atoms with E-state index in [1.165, 1.54) is 4.90 Å². The van der Waals surface area contributed by atoms with Crippen molar-refractivity contribution < 1.29 is 19.1 Å². The predicted octanol–water partition coefficient (Wildman–Crippen LogP) is 3.91. The van der Waals surface area contributed by atoms with Crippen LogP contribution in [0.2, 0.25) is 0 Å². The third kappa shape index (κ3) is 3.85. The molecule has 0 spiro atoms. The molecular formula is C24H19N3O4. The van der Waals surface area contributed by atoms with E-state index in [1.807, 2.05) is 48.5 Å². The fourth-order valence-electron chi connectivity index (χ4n) is 3.63. The highest BCUT2D eigenvalue weighted by Gasteiger charge is 2.26. The van der Waals surface area contributed by atoms with Gasteiger partial charge in [-0.25, -0.2) is 0 Å². The predicted molar refractivity (Wildman–Crippen MR) is 117 cm³/mol. The zero-order valence-corrected chi connectivity index (χ0v) is 16.6. The maximum atomic E-state index is 13.1. The van der Waals surface area contributed by atoms with Crippen LogP contribution in [-0.2, 0) is 9.59 Å². The zero-order chi connectivity index (χ0) is 21.2. The van der Waals surface area contributed by atoms with E-state index in [9.17, 15) is 9.59 Å². The Labute approximate surface area is 178 Å². The molecule has 31 heavy (non-hydrogen) atoms. The monoisotopic (exact) mass is 413 g/mol. The van der Waals surface area contributed by atoms with Crippen LogP contribution in [0.25, 0.3) is 0 Å². The summed E-state index contributed by atoms with van der Waals surface area (Å²) in [5.74, 6) is 0.716. The molecule has 0 aromatic heterocycles. The Kier molecular flexibility index (Phi) is 4.84. The number of hydrogen-bond donors (Lipinski definition) is 1. The van der Waals surface area contributed by atoms with Gasteiger partial charge in [0.25, 0.3) is 0 Å². The van der Waals surface area contributed by atoms with Crippen molar-refractivity contribution in [3.63, 3.8) is 0 Å². The van der Waals surface area contributed by atoms with Crippen LogP contribution < -0.4 is 19.7 Å². The Morgan fingerprint density at radius 3 is 2.61 bits per heavy atom. The minimum Gasteiger partial charge on any atom is -0.454 e. The number of nitrogens with zero attached hydrogens (tertiary/aromatic N) is 2. The molecular weight excluding hydrogens is 394 g/mol. The van der Waals surface area contributed by atoms with Gasteiger partial charge in [0.2, 0.25) is 18.6 Å². The Hall–Kier alpha value is -4.13. The Balaban J connectivity index is 1.39. The fraction of sp³-hybridized carbons (Fsp3) is 0.125. The van der Waals surface area contributed by atoms with E-state index < -0.39 is 0 Å². The van der Waals surface area contributed by atoms with Gasteiger partial charge < -0.3 is 19.7 Å². The van der Waals surface area contributed by atoms with Crippen LogP contribution in [0.4, 0.5) is 17.1 Å². The van der Waals surface area contributed by atoms with Crippen molar-refractivity contribution in [3.05, 3.63) is 78.4 Å². The van der Waals surface area contributed by atoms with Gasteiger partial charge in [-0.2, -0.15) is 0 Å². The van der Waals surface area contributed by atoms with Crippen molar-refractivity contribution in [1.82, 2.24) is 0 Å². The van der Waals surface area contributed by atoms with Crippen molar-refractivity contribution >= 4 is 34.6 Å².